The topological polar surface area (TPSA) is 87.2 Å². The highest BCUT2D eigenvalue weighted by Gasteiger charge is 2.43. The first-order valence-corrected chi connectivity index (χ1v) is 11.1. The minimum atomic E-state index is -0.586. The Labute approximate surface area is 187 Å². The Morgan fingerprint density at radius 3 is 2.59 bits per heavy atom. The molecule has 1 fully saturated rings. The van der Waals surface area contributed by atoms with E-state index in [0.29, 0.717) is 13.0 Å². The summed E-state index contributed by atoms with van der Waals surface area (Å²) in [6, 6.07) is 11.5. The Balaban J connectivity index is 1.24. The largest absolute Gasteiger partial charge is 0.497 e. The van der Waals surface area contributed by atoms with Crippen molar-refractivity contribution in [2.45, 2.75) is 37.1 Å². The van der Waals surface area contributed by atoms with Gasteiger partial charge in [0, 0.05) is 60.3 Å². The van der Waals surface area contributed by atoms with Gasteiger partial charge in [-0.2, -0.15) is 0 Å². The number of ether oxygens (including phenoxy) is 3. The monoisotopic (exact) mass is 438 g/mol. The fourth-order valence-corrected chi connectivity index (χ4v) is 5.07. The number of H-pyrrole nitrogens is 1. The second-order valence-electron chi connectivity index (χ2n) is 8.88. The number of aliphatic hydroxyl groups excluding tert-OH is 2. The molecule has 0 amide bonds. The number of fused-ring (bicyclic) bond motifs is 2. The maximum atomic E-state index is 10.9. The Morgan fingerprint density at radius 2 is 1.84 bits per heavy atom. The molecule has 0 bridgehead atoms. The lowest BCUT2D eigenvalue weighted by molar-refractivity contribution is -0.0588. The van der Waals surface area contributed by atoms with E-state index in [1.807, 2.05) is 42.6 Å². The van der Waals surface area contributed by atoms with Crippen molar-refractivity contribution >= 4 is 10.9 Å². The number of aliphatic hydroxyl groups is 2. The second kappa shape index (κ2) is 8.31. The number of hydrogen-bond acceptors (Lipinski definition) is 6. The molecule has 2 aliphatic rings. The quantitative estimate of drug-likeness (QED) is 0.565. The summed E-state index contributed by atoms with van der Waals surface area (Å²) in [4.78, 5) is 5.51. The molecule has 1 saturated heterocycles. The molecule has 7 nitrogen and oxygen atoms in total. The van der Waals surface area contributed by atoms with Crippen molar-refractivity contribution in [2.75, 3.05) is 33.9 Å². The first-order chi connectivity index (χ1) is 15.5. The number of likely N-dealkylation sites (tertiary alicyclic amines) is 1. The molecule has 7 heteroatoms. The van der Waals surface area contributed by atoms with E-state index in [0.717, 1.165) is 65.2 Å². The van der Waals surface area contributed by atoms with Gasteiger partial charge in [-0.3, -0.25) is 0 Å². The second-order valence-corrected chi connectivity index (χ2v) is 8.88. The summed E-state index contributed by atoms with van der Waals surface area (Å²) >= 11 is 0. The Morgan fingerprint density at radius 1 is 1.12 bits per heavy atom. The van der Waals surface area contributed by atoms with E-state index < -0.39 is 12.2 Å². The van der Waals surface area contributed by atoms with Crippen molar-refractivity contribution in [1.82, 2.24) is 9.88 Å². The number of nitrogens with zero attached hydrogens (tertiary/aromatic N) is 1. The molecule has 3 heterocycles. The van der Waals surface area contributed by atoms with Gasteiger partial charge in [0.15, 0.2) is 0 Å². The first-order valence-electron chi connectivity index (χ1n) is 11.1. The summed E-state index contributed by atoms with van der Waals surface area (Å²) in [5.74, 6) is 2.26. The number of methoxy groups -OCH3 is 2. The van der Waals surface area contributed by atoms with E-state index in [4.69, 9.17) is 14.2 Å². The number of aromatic amines is 1. The summed E-state index contributed by atoms with van der Waals surface area (Å²) in [7, 11) is 3.27. The third-order valence-electron chi connectivity index (χ3n) is 6.95. The van der Waals surface area contributed by atoms with Gasteiger partial charge < -0.3 is 34.3 Å². The van der Waals surface area contributed by atoms with Crippen LogP contribution in [0.3, 0.4) is 0 Å². The Bertz CT molecular complexity index is 1100. The van der Waals surface area contributed by atoms with E-state index in [2.05, 4.69) is 9.88 Å². The van der Waals surface area contributed by atoms with Crippen LogP contribution in [-0.2, 0) is 0 Å². The van der Waals surface area contributed by atoms with Gasteiger partial charge in [0.1, 0.15) is 22.8 Å². The van der Waals surface area contributed by atoms with E-state index >= 15 is 0 Å². The zero-order chi connectivity index (χ0) is 22.3. The highest BCUT2D eigenvalue weighted by Crippen LogP contribution is 2.45. The molecule has 0 unspecified atom stereocenters. The molecule has 0 radical (unpaired) electrons. The third kappa shape index (κ3) is 3.81. The van der Waals surface area contributed by atoms with Crippen molar-refractivity contribution in [3.63, 3.8) is 0 Å². The number of nitrogens with one attached hydrogen (secondary N) is 1. The number of hydrogen-bond donors (Lipinski definition) is 3. The van der Waals surface area contributed by atoms with E-state index in [1.165, 1.54) is 0 Å². The summed E-state index contributed by atoms with van der Waals surface area (Å²) in [5.41, 5.74) is 2.29. The Kier molecular flexibility index (Phi) is 5.49. The predicted molar refractivity (Wildman–Crippen MR) is 121 cm³/mol. The van der Waals surface area contributed by atoms with Gasteiger partial charge in [0.25, 0.3) is 0 Å². The maximum Gasteiger partial charge on any atom is 0.126 e. The number of benzene rings is 2. The average Bonchev–Trinajstić information content (AvgIpc) is 3.24. The highest BCUT2D eigenvalue weighted by molar-refractivity contribution is 5.84. The minimum Gasteiger partial charge on any atom is -0.497 e. The minimum absolute atomic E-state index is 0.361. The third-order valence-corrected chi connectivity index (χ3v) is 6.95. The number of β-amino-alcohol motifs (C(OH)–C–C–N with tert-alkyl or cyclic N) is 1. The van der Waals surface area contributed by atoms with E-state index in [1.54, 1.807) is 14.2 Å². The normalized spacial score (nSPS) is 21.2. The number of piperidine rings is 1. The summed E-state index contributed by atoms with van der Waals surface area (Å²) in [6.45, 7) is 2.18. The average molecular weight is 439 g/mol. The molecule has 2 atom stereocenters. The van der Waals surface area contributed by atoms with Gasteiger partial charge in [-0.1, -0.05) is 0 Å². The molecular formula is C25H30N2O5. The van der Waals surface area contributed by atoms with Crippen molar-refractivity contribution in [3.05, 3.63) is 53.7 Å². The van der Waals surface area contributed by atoms with Crippen LogP contribution < -0.4 is 14.2 Å². The van der Waals surface area contributed by atoms with Crippen LogP contribution >= 0.6 is 0 Å². The van der Waals surface area contributed by atoms with Gasteiger partial charge in [-0.05, 0) is 43.2 Å². The van der Waals surface area contributed by atoms with E-state index in [-0.39, 0.29) is 5.60 Å². The Hall–Kier alpha value is -2.74. The zero-order valence-corrected chi connectivity index (χ0v) is 18.5. The molecule has 1 spiro atoms. The van der Waals surface area contributed by atoms with Crippen molar-refractivity contribution in [2.24, 2.45) is 0 Å². The van der Waals surface area contributed by atoms with Gasteiger partial charge in [0.05, 0.1) is 26.4 Å². The molecule has 0 saturated carbocycles. The molecular weight excluding hydrogens is 408 g/mol. The van der Waals surface area contributed by atoms with Crippen LogP contribution in [0.4, 0.5) is 0 Å². The molecule has 3 aromatic rings. The van der Waals surface area contributed by atoms with Crippen LogP contribution in [0.1, 0.15) is 42.6 Å². The standard InChI is InChI=1S/C25H30N2O5/c1-30-16-4-6-24-19(11-16)22(28)13-25(32-24)7-9-27(10-8-25)15-23(29)20-14-26-21-12-17(31-2)3-5-18(20)21/h3-6,11-12,14,22-23,26,28-29H,7-10,13,15H2,1-2H3/t22-,23-/m1/s1. The smallest absolute Gasteiger partial charge is 0.126 e. The van der Waals surface area contributed by atoms with Crippen LogP contribution in [0.25, 0.3) is 10.9 Å². The lowest BCUT2D eigenvalue weighted by Crippen LogP contribution is -2.51. The molecule has 170 valence electrons. The number of aromatic nitrogens is 1. The van der Waals surface area contributed by atoms with Gasteiger partial charge in [0.2, 0.25) is 0 Å². The molecule has 1 aromatic heterocycles. The molecule has 2 aromatic carbocycles. The lowest BCUT2D eigenvalue weighted by atomic mass is 9.81. The van der Waals surface area contributed by atoms with Crippen LogP contribution in [0.15, 0.2) is 42.6 Å². The molecule has 32 heavy (non-hydrogen) atoms. The van der Waals surface area contributed by atoms with Gasteiger partial charge in [-0.25, -0.2) is 0 Å². The zero-order valence-electron chi connectivity index (χ0n) is 18.5. The van der Waals surface area contributed by atoms with Crippen LogP contribution in [0, 0.1) is 0 Å². The van der Waals surface area contributed by atoms with Crippen LogP contribution in [0.5, 0.6) is 17.2 Å². The summed E-state index contributed by atoms with van der Waals surface area (Å²) < 4.78 is 17.0. The van der Waals surface area contributed by atoms with Crippen molar-refractivity contribution in [1.29, 1.82) is 0 Å². The number of rotatable bonds is 5. The lowest BCUT2D eigenvalue weighted by Gasteiger charge is -2.46. The molecule has 5 rings (SSSR count). The van der Waals surface area contributed by atoms with Gasteiger partial charge in [-0.15, -0.1) is 0 Å². The predicted octanol–water partition coefficient (Wildman–Crippen LogP) is 3.57. The van der Waals surface area contributed by atoms with Gasteiger partial charge >= 0.3 is 0 Å². The van der Waals surface area contributed by atoms with Crippen molar-refractivity contribution in [3.8, 4) is 17.2 Å². The fraction of sp³-hybridized carbons (Fsp3) is 0.440. The fourth-order valence-electron chi connectivity index (χ4n) is 5.07. The summed E-state index contributed by atoms with van der Waals surface area (Å²) in [5, 5.41) is 22.7. The highest BCUT2D eigenvalue weighted by atomic mass is 16.5. The molecule has 0 aliphatic carbocycles. The van der Waals surface area contributed by atoms with E-state index in [9.17, 15) is 10.2 Å². The summed E-state index contributed by atoms with van der Waals surface area (Å²) in [6.07, 6.45) is 2.94. The molecule has 2 aliphatic heterocycles. The molecule has 3 N–H and O–H groups in total. The SMILES string of the molecule is COc1ccc2c(c1)[C@H](O)CC1(CCN(C[C@@H](O)c3c[nH]c4cc(OC)ccc34)CC1)O2. The van der Waals surface area contributed by atoms with Crippen LogP contribution in [0.2, 0.25) is 0 Å². The maximum absolute atomic E-state index is 10.9. The first kappa shape index (κ1) is 21.1. The van der Waals surface area contributed by atoms with Crippen molar-refractivity contribution < 1.29 is 24.4 Å². The van der Waals surface area contributed by atoms with Crippen LogP contribution in [-0.4, -0.2) is 59.6 Å².